The standard InChI is InChI=1S/C24H28N2O4S2/c1-4-16-10-8-11-17(5-2)23(16)26-19-14-32(28,29)15-21(19)31-24(26)25-22(27)13-18-9-6-7-12-20(18)30-3/h6-12,19,21H,4-5,13-15H2,1-3H3/t19-,21-/m1/s1. The molecule has 0 spiro atoms. The van der Waals surface area contributed by atoms with Gasteiger partial charge in [0, 0.05) is 16.5 Å². The second-order valence-corrected chi connectivity index (χ2v) is 11.4. The van der Waals surface area contributed by atoms with Crippen LogP contribution in [0.25, 0.3) is 0 Å². The normalized spacial score (nSPS) is 22.8. The largest absolute Gasteiger partial charge is 0.496 e. The van der Waals surface area contributed by atoms with E-state index in [1.165, 1.54) is 11.8 Å². The van der Waals surface area contributed by atoms with E-state index in [4.69, 9.17) is 4.74 Å². The fourth-order valence-electron chi connectivity index (χ4n) is 4.51. The number of methoxy groups -OCH3 is 1. The number of ether oxygens (including phenoxy) is 1. The van der Waals surface area contributed by atoms with Gasteiger partial charge >= 0.3 is 0 Å². The Balaban J connectivity index is 1.74. The highest BCUT2D eigenvalue weighted by Gasteiger charge is 2.50. The number of amides is 1. The summed E-state index contributed by atoms with van der Waals surface area (Å²) in [5.74, 6) is 0.598. The van der Waals surface area contributed by atoms with E-state index >= 15 is 0 Å². The number of aryl methyl sites for hydroxylation is 2. The SMILES string of the molecule is CCc1cccc(CC)c1N1C(=NC(=O)Cc2ccccc2OC)S[C@@H]2CS(=O)(=O)C[C@H]21. The van der Waals surface area contributed by atoms with Crippen LogP contribution in [0, 0.1) is 0 Å². The van der Waals surface area contributed by atoms with Gasteiger partial charge in [0.1, 0.15) is 5.75 Å². The maximum absolute atomic E-state index is 13.0. The summed E-state index contributed by atoms with van der Waals surface area (Å²) in [5, 5.41) is 0.484. The van der Waals surface area contributed by atoms with Gasteiger partial charge in [-0.15, -0.1) is 0 Å². The molecule has 2 saturated heterocycles. The van der Waals surface area contributed by atoms with E-state index in [0.29, 0.717) is 10.9 Å². The molecule has 0 bridgehead atoms. The predicted octanol–water partition coefficient (Wildman–Crippen LogP) is 3.66. The zero-order valence-electron chi connectivity index (χ0n) is 18.6. The van der Waals surface area contributed by atoms with E-state index < -0.39 is 9.84 Å². The quantitative estimate of drug-likeness (QED) is 0.639. The minimum Gasteiger partial charge on any atom is -0.496 e. The number of fused-ring (bicyclic) bond motifs is 1. The molecule has 6 nitrogen and oxygen atoms in total. The van der Waals surface area contributed by atoms with Gasteiger partial charge in [0.2, 0.25) is 0 Å². The topological polar surface area (TPSA) is 76.0 Å². The monoisotopic (exact) mass is 472 g/mol. The van der Waals surface area contributed by atoms with Gasteiger partial charge in [0.05, 0.1) is 31.1 Å². The van der Waals surface area contributed by atoms with Gasteiger partial charge in [-0.2, -0.15) is 4.99 Å². The van der Waals surface area contributed by atoms with Gasteiger partial charge in [-0.1, -0.05) is 62.0 Å². The van der Waals surface area contributed by atoms with E-state index in [0.717, 1.165) is 35.2 Å². The molecular weight excluding hydrogens is 444 g/mol. The van der Waals surface area contributed by atoms with Gasteiger partial charge < -0.3 is 9.64 Å². The molecule has 32 heavy (non-hydrogen) atoms. The number of anilines is 1. The van der Waals surface area contributed by atoms with Crippen molar-refractivity contribution in [2.75, 3.05) is 23.5 Å². The van der Waals surface area contributed by atoms with Crippen LogP contribution in [0.15, 0.2) is 47.5 Å². The van der Waals surface area contributed by atoms with Crippen LogP contribution < -0.4 is 9.64 Å². The Morgan fingerprint density at radius 2 is 1.72 bits per heavy atom. The molecule has 4 rings (SSSR count). The summed E-state index contributed by atoms with van der Waals surface area (Å²) < 4.78 is 30.2. The molecule has 0 N–H and O–H groups in total. The summed E-state index contributed by atoms with van der Waals surface area (Å²) in [7, 11) is -1.53. The molecule has 0 unspecified atom stereocenters. The third-order valence-electron chi connectivity index (χ3n) is 6.03. The minimum atomic E-state index is -3.11. The summed E-state index contributed by atoms with van der Waals surface area (Å²) >= 11 is 1.42. The van der Waals surface area contributed by atoms with E-state index in [1.54, 1.807) is 7.11 Å². The van der Waals surface area contributed by atoms with Crippen LogP contribution in [0.4, 0.5) is 5.69 Å². The van der Waals surface area contributed by atoms with Crippen LogP contribution in [-0.2, 0) is 33.9 Å². The van der Waals surface area contributed by atoms with Crippen molar-refractivity contribution < 1.29 is 17.9 Å². The lowest BCUT2D eigenvalue weighted by atomic mass is 10.0. The number of para-hydroxylation sites is 2. The molecule has 1 amide bonds. The van der Waals surface area contributed by atoms with Gasteiger partial charge in [-0.3, -0.25) is 4.79 Å². The van der Waals surface area contributed by atoms with Crippen LogP contribution in [0.1, 0.15) is 30.5 Å². The number of hydrogen-bond acceptors (Lipinski definition) is 5. The van der Waals surface area contributed by atoms with Gasteiger partial charge in [0.15, 0.2) is 15.0 Å². The van der Waals surface area contributed by atoms with E-state index in [9.17, 15) is 13.2 Å². The van der Waals surface area contributed by atoms with Crippen molar-refractivity contribution in [2.45, 2.75) is 44.4 Å². The van der Waals surface area contributed by atoms with E-state index in [-0.39, 0.29) is 35.1 Å². The summed E-state index contributed by atoms with van der Waals surface area (Å²) in [6, 6.07) is 13.4. The maximum atomic E-state index is 13.0. The molecule has 2 aliphatic rings. The average Bonchev–Trinajstić information content (AvgIpc) is 3.23. The highest BCUT2D eigenvalue weighted by atomic mass is 32.2. The highest BCUT2D eigenvalue weighted by Crippen LogP contribution is 2.43. The summed E-state index contributed by atoms with van der Waals surface area (Å²) in [5.41, 5.74) is 4.07. The lowest BCUT2D eigenvalue weighted by Gasteiger charge is -2.29. The number of benzene rings is 2. The minimum absolute atomic E-state index is 0.0889. The van der Waals surface area contributed by atoms with Crippen LogP contribution in [0.2, 0.25) is 0 Å². The lowest BCUT2D eigenvalue weighted by molar-refractivity contribution is -0.117. The average molecular weight is 473 g/mol. The van der Waals surface area contributed by atoms with Crippen LogP contribution in [-0.4, -0.2) is 49.4 Å². The molecule has 0 aliphatic carbocycles. The Morgan fingerprint density at radius 3 is 2.38 bits per heavy atom. The number of sulfone groups is 1. The van der Waals surface area contributed by atoms with Crippen molar-refractivity contribution in [1.29, 1.82) is 0 Å². The van der Waals surface area contributed by atoms with Crippen LogP contribution in [0.5, 0.6) is 5.75 Å². The number of carbonyl (C=O) groups is 1. The van der Waals surface area contributed by atoms with Crippen molar-refractivity contribution >= 4 is 38.4 Å². The molecular formula is C24H28N2O4S2. The Kier molecular flexibility index (Phi) is 6.62. The first kappa shape index (κ1) is 22.9. The third kappa shape index (κ3) is 4.43. The number of carbonyl (C=O) groups excluding carboxylic acids is 1. The molecule has 0 radical (unpaired) electrons. The fourth-order valence-corrected chi connectivity index (χ4v) is 8.43. The smallest absolute Gasteiger partial charge is 0.252 e. The summed E-state index contributed by atoms with van der Waals surface area (Å²) in [6.45, 7) is 4.18. The molecule has 2 aliphatic heterocycles. The molecule has 8 heteroatoms. The number of aliphatic imine (C=N–C) groups is 1. The Bertz CT molecular complexity index is 1140. The third-order valence-corrected chi connectivity index (χ3v) is 9.24. The van der Waals surface area contributed by atoms with E-state index in [1.807, 2.05) is 35.2 Å². The fraction of sp³-hybridized carbons (Fsp3) is 0.417. The van der Waals surface area contributed by atoms with Crippen molar-refractivity contribution in [3.63, 3.8) is 0 Å². The van der Waals surface area contributed by atoms with Gasteiger partial charge in [0.25, 0.3) is 5.91 Å². The maximum Gasteiger partial charge on any atom is 0.252 e. The summed E-state index contributed by atoms with van der Waals surface area (Å²) in [4.78, 5) is 19.5. The molecule has 2 aromatic carbocycles. The lowest BCUT2D eigenvalue weighted by Crippen LogP contribution is -2.39. The second kappa shape index (κ2) is 9.27. The molecule has 2 atom stereocenters. The van der Waals surface area contributed by atoms with Crippen molar-refractivity contribution in [1.82, 2.24) is 0 Å². The highest BCUT2D eigenvalue weighted by molar-refractivity contribution is 8.16. The Hall–Kier alpha value is -2.32. The molecule has 2 heterocycles. The van der Waals surface area contributed by atoms with E-state index in [2.05, 4.69) is 31.0 Å². The number of nitrogens with zero attached hydrogens (tertiary/aromatic N) is 2. The van der Waals surface area contributed by atoms with Crippen molar-refractivity contribution in [3.8, 4) is 5.75 Å². The Morgan fingerprint density at radius 1 is 1.06 bits per heavy atom. The molecule has 0 saturated carbocycles. The number of thioether (sulfide) groups is 1. The summed E-state index contributed by atoms with van der Waals surface area (Å²) in [6.07, 6.45) is 1.76. The number of hydrogen-bond donors (Lipinski definition) is 0. The molecule has 2 aromatic rings. The van der Waals surface area contributed by atoms with Crippen molar-refractivity contribution in [3.05, 3.63) is 59.2 Å². The first-order valence-electron chi connectivity index (χ1n) is 10.9. The molecule has 0 aromatic heterocycles. The Labute approximate surface area is 194 Å². The number of amidine groups is 1. The first-order valence-corrected chi connectivity index (χ1v) is 13.6. The van der Waals surface area contributed by atoms with Crippen molar-refractivity contribution in [2.24, 2.45) is 4.99 Å². The zero-order valence-corrected chi connectivity index (χ0v) is 20.2. The van der Waals surface area contributed by atoms with Gasteiger partial charge in [-0.25, -0.2) is 8.42 Å². The molecule has 170 valence electrons. The van der Waals surface area contributed by atoms with Crippen LogP contribution >= 0.6 is 11.8 Å². The first-order chi connectivity index (χ1) is 15.4. The van der Waals surface area contributed by atoms with Crippen LogP contribution in [0.3, 0.4) is 0 Å². The molecule has 2 fully saturated rings. The zero-order chi connectivity index (χ0) is 22.9. The van der Waals surface area contributed by atoms with Gasteiger partial charge in [-0.05, 0) is 30.0 Å². The number of rotatable bonds is 6. The second-order valence-electron chi connectivity index (χ2n) is 8.08. The predicted molar refractivity (Wildman–Crippen MR) is 131 cm³/mol.